The van der Waals surface area contributed by atoms with Gasteiger partial charge in [0.05, 0.1) is 11.3 Å². The Labute approximate surface area is 209 Å². The van der Waals surface area contributed by atoms with E-state index in [1.165, 1.54) is 11.1 Å². The summed E-state index contributed by atoms with van der Waals surface area (Å²) in [6.07, 6.45) is 1.55. The maximum absolute atomic E-state index is 13.8. The van der Waals surface area contributed by atoms with Crippen molar-refractivity contribution in [3.8, 4) is 11.3 Å². The fourth-order valence-corrected chi connectivity index (χ4v) is 4.23. The van der Waals surface area contributed by atoms with Crippen LogP contribution in [-0.4, -0.2) is 44.4 Å². The molecule has 7 nitrogen and oxygen atoms in total. The van der Waals surface area contributed by atoms with Crippen molar-refractivity contribution in [1.82, 2.24) is 9.88 Å². The van der Waals surface area contributed by atoms with E-state index >= 15 is 0 Å². The molecule has 0 radical (unpaired) electrons. The molecule has 35 heavy (non-hydrogen) atoms. The Morgan fingerprint density at radius 3 is 2.23 bits per heavy atom. The Morgan fingerprint density at radius 1 is 1.03 bits per heavy atom. The van der Waals surface area contributed by atoms with Crippen molar-refractivity contribution in [3.05, 3.63) is 89.1 Å². The highest BCUT2D eigenvalue weighted by Gasteiger charge is 2.40. The summed E-state index contributed by atoms with van der Waals surface area (Å²) < 4.78 is 0. The van der Waals surface area contributed by atoms with E-state index in [-0.39, 0.29) is 18.4 Å². The number of amides is 2. The van der Waals surface area contributed by atoms with Crippen LogP contribution >= 0.6 is 11.6 Å². The molecule has 0 spiro atoms. The number of rotatable bonds is 10. The molecule has 0 saturated carbocycles. The van der Waals surface area contributed by atoms with E-state index in [2.05, 4.69) is 4.98 Å². The third-order valence-electron chi connectivity index (χ3n) is 5.76. The number of aromatic nitrogens is 1. The molecule has 0 fully saturated rings. The van der Waals surface area contributed by atoms with E-state index < -0.39 is 29.4 Å². The number of aliphatic carboxylic acids is 1. The number of carboxylic acid groups (broad SMARTS) is 1. The number of carbonyl (C=O) groups is 3. The highest BCUT2D eigenvalue weighted by atomic mass is 35.5. The van der Waals surface area contributed by atoms with Gasteiger partial charge in [0.2, 0.25) is 5.91 Å². The molecule has 8 heteroatoms. The van der Waals surface area contributed by atoms with Gasteiger partial charge in [0.1, 0.15) is 6.04 Å². The summed E-state index contributed by atoms with van der Waals surface area (Å²) in [6, 6.07) is 18.8. The lowest BCUT2D eigenvalue weighted by Crippen LogP contribution is -2.57. The minimum absolute atomic E-state index is 0.101. The predicted octanol–water partition coefficient (Wildman–Crippen LogP) is 4.58. The van der Waals surface area contributed by atoms with Gasteiger partial charge in [0.25, 0.3) is 5.91 Å². The van der Waals surface area contributed by atoms with Crippen molar-refractivity contribution >= 4 is 29.4 Å². The van der Waals surface area contributed by atoms with Gasteiger partial charge in [-0.2, -0.15) is 0 Å². The first-order valence-electron chi connectivity index (χ1n) is 11.2. The number of hydrogen-bond donors (Lipinski definition) is 2. The number of carboxylic acids is 1. The van der Waals surface area contributed by atoms with Gasteiger partial charge in [-0.05, 0) is 56.5 Å². The van der Waals surface area contributed by atoms with E-state index in [1.54, 1.807) is 38.1 Å². The van der Waals surface area contributed by atoms with Gasteiger partial charge in [-0.15, -0.1) is 0 Å². The van der Waals surface area contributed by atoms with Crippen LogP contribution in [0.1, 0.15) is 42.6 Å². The number of nitrogens with zero attached hydrogens (tertiary/aromatic N) is 2. The maximum Gasteiger partial charge on any atom is 0.326 e. The van der Waals surface area contributed by atoms with Crippen LogP contribution in [0.4, 0.5) is 0 Å². The van der Waals surface area contributed by atoms with Crippen molar-refractivity contribution in [2.75, 3.05) is 0 Å². The van der Waals surface area contributed by atoms with Crippen molar-refractivity contribution in [1.29, 1.82) is 0 Å². The van der Waals surface area contributed by atoms with Crippen LogP contribution in [0, 0.1) is 0 Å². The van der Waals surface area contributed by atoms with E-state index in [0.29, 0.717) is 17.1 Å². The summed E-state index contributed by atoms with van der Waals surface area (Å²) in [7, 11) is 0. The van der Waals surface area contributed by atoms with E-state index in [9.17, 15) is 19.5 Å². The highest BCUT2D eigenvalue weighted by Crippen LogP contribution is 2.28. The van der Waals surface area contributed by atoms with Gasteiger partial charge >= 0.3 is 5.97 Å². The lowest BCUT2D eigenvalue weighted by atomic mass is 9.89. The van der Waals surface area contributed by atoms with Crippen LogP contribution in [0.15, 0.2) is 72.9 Å². The van der Waals surface area contributed by atoms with Gasteiger partial charge in [0, 0.05) is 28.7 Å². The molecule has 2 amide bonds. The molecule has 3 aromatic rings. The number of carbonyl (C=O) groups excluding carboxylic acids is 2. The number of hydrogen-bond acceptors (Lipinski definition) is 4. The summed E-state index contributed by atoms with van der Waals surface area (Å²) in [6.45, 7) is 3.59. The Morgan fingerprint density at radius 2 is 1.69 bits per heavy atom. The Hall–Kier alpha value is -3.71. The number of pyridine rings is 1. The zero-order valence-corrected chi connectivity index (χ0v) is 20.4. The van der Waals surface area contributed by atoms with Gasteiger partial charge in [0.15, 0.2) is 0 Å². The van der Waals surface area contributed by atoms with E-state index in [0.717, 1.165) is 11.1 Å². The monoisotopic (exact) mass is 493 g/mol. The molecule has 1 aromatic heterocycles. The molecule has 0 aliphatic rings. The summed E-state index contributed by atoms with van der Waals surface area (Å²) >= 11 is 6.00. The molecule has 0 saturated heterocycles. The summed E-state index contributed by atoms with van der Waals surface area (Å²) in [5, 5.41) is 10.6. The van der Waals surface area contributed by atoms with Gasteiger partial charge in [-0.1, -0.05) is 54.1 Å². The molecule has 2 aromatic carbocycles. The smallest absolute Gasteiger partial charge is 0.326 e. The predicted molar refractivity (Wildman–Crippen MR) is 135 cm³/mol. The largest absolute Gasteiger partial charge is 0.480 e. The minimum Gasteiger partial charge on any atom is -0.480 e. The fraction of sp³-hybridized carbons (Fsp3) is 0.259. The lowest BCUT2D eigenvalue weighted by Gasteiger charge is -2.42. The Balaban J connectivity index is 1.98. The van der Waals surface area contributed by atoms with Crippen molar-refractivity contribution in [3.63, 3.8) is 0 Å². The second-order valence-electron chi connectivity index (χ2n) is 8.95. The summed E-state index contributed by atoms with van der Waals surface area (Å²) in [5.74, 6) is -2.33. The zero-order valence-electron chi connectivity index (χ0n) is 19.6. The maximum atomic E-state index is 13.8. The Kier molecular flexibility index (Phi) is 8.25. The Bertz CT molecular complexity index is 1180. The molecule has 1 atom stereocenters. The molecule has 182 valence electrons. The zero-order chi connectivity index (χ0) is 25.6. The molecule has 0 aliphatic carbocycles. The number of halogens is 1. The van der Waals surface area contributed by atoms with Crippen molar-refractivity contribution < 1.29 is 19.5 Å². The number of nitrogens with two attached hydrogens (primary N) is 1. The third kappa shape index (κ3) is 6.67. The number of benzene rings is 2. The average molecular weight is 494 g/mol. The number of primary amides is 1. The fourth-order valence-electron chi connectivity index (χ4n) is 4.11. The summed E-state index contributed by atoms with van der Waals surface area (Å²) in [4.78, 5) is 43.2. The summed E-state index contributed by atoms with van der Waals surface area (Å²) in [5.41, 5.74) is 7.09. The van der Waals surface area contributed by atoms with Crippen LogP contribution in [0.25, 0.3) is 11.3 Å². The first-order valence-corrected chi connectivity index (χ1v) is 11.6. The highest BCUT2D eigenvalue weighted by molar-refractivity contribution is 6.30. The molecule has 3 rings (SSSR count). The van der Waals surface area contributed by atoms with Crippen LogP contribution in [0.3, 0.4) is 0 Å². The van der Waals surface area contributed by atoms with E-state index in [4.69, 9.17) is 17.3 Å². The normalized spacial score (nSPS) is 12.1. The first-order chi connectivity index (χ1) is 16.6. The van der Waals surface area contributed by atoms with Crippen LogP contribution < -0.4 is 5.73 Å². The first kappa shape index (κ1) is 25.9. The molecule has 0 aliphatic heterocycles. The van der Waals surface area contributed by atoms with Gasteiger partial charge in [-0.3, -0.25) is 14.6 Å². The molecule has 3 N–H and O–H groups in total. The van der Waals surface area contributed by atoms with Crippen LogP contribution in [-0.2, 0) is 16.0 Å². The van der Waals surface area contributed by atoms with Crippen molar-refractivity contribution in [2.24, 2.45) is 5.73 Å². The van der Waals surface area contributed by atoms with Crippen LogP contribution in [0.5, 0.6) is 0 Å². The average Bonchev–Trinajstić information content (AvgIpc) is 2.83. The standard InChI is InChI=1S/C27H28ClN3O4/c1-27(2,16-18-8-11-21(28)12-9-18)31(23(26(34)35)14-15-24(29)32)25(33)20-10-13-22(30-17-20)19-6-4-3-5-7-19/h3-13,17,23H,14-16H2,1-2H3,(H2,29,32)(H,34,35)/t23-/m0/s1. The molecular formula is C27H28ClN3O4. The molecule has 0 bridgehead atoms. The van der Waals surface area contributed by atoms with Gasteiger partial charge in [-0.25, -0.2) is 4.79 Å². The minimum atomic E-state index is -1.26. The SMILES string of the molecule is CC(C)(Cc1ccc(Cl)cc1)N(C(=O)c1ccc(-c2ccccc2)nc1)[C@@H](CCC(N)=O)C(=O)O. The molecule has 1 heterocycles. The second kappa shape index (κ2) is 11.1. The lowest BCUT2D eigenvalue weighted by molar-refractivity contribution is -0.144. The van der Waals surface area contributed by atoms with Crippen molar-refractivity contribution in [2.45, 2.75) is 44.7 Å². The van der Waals surface area contributed by atoms with Crippen LogP contribution in [0.2, 0.25) is 5.02 Å². The second-order valence-corrected chi connectivity index (χ2v) is 9.38. The van der Waals surface area contributed by atoms with Gasteiger partial charge < -0.3 is 15.7 Å². The van der Waals surface area contributed by atoms with E-state index in [1.807, 2.05) is 42.5 Å². The quantitative estimate of drug-likeness (QED) is 0.429. The third-order valence-corrected chi connectivity index (χ3v) is 6.01. The molecule has 0 unspecified atom stereocenters. The molecular weight excluding hydrogens is 466 g/mol. The topological polar surface area (TPSA) is 114 Å².